The maximum atomic E-state index is 6.11. The van der Waals surface area contributed by atoms with Crippen LogP contribution in [0.2, 0.25) is 0 Å². The Bertz CT molecular complexity index is 595. The van der Waals surface area contributed by atoms with Gasteiger partial charge in [0.25, 0.3) is 0 Å². The van der Waals surface area contributed by atoms with Crippen LogP contribution in [0.4, 0.5) is 0 Å². The number of aromatic nitrogens is 1. The van der Waals surface area contributed by atoms with Crippen LogP contribution < -0.4 is 10.5 Å². The van der Waals surface area contributed by atoms with E-state index in [9.17, 15) is 0 Å². The average Bonchev–Trinajstić information content (AvgIpc) is 2.48. The molecule has 0 spiro atoms. The summed E-state index contributed by atoms with van der Waals surface area (Å²) in [5, 5.41) is 0. The van der Waals surface area contributed by atoms with Gasteiger partial charge >= 0.3 is 0 Å². The second-order valence-corrected chi connectivity index (χ2v) is 5.41. The van der Waals surface area contributed by atoms with E-state index in [-0.39, 0.29) is 12.1 Å². The third-order valence-corrected chi connectivity index (χ3v) is 3.86. The molecule has 3 rings (SSSR count). The van der Waals surface area contributed by atoms with Gasteiger partial charge in [0, 0.05) is 18.3 Å². The smallest absolute Gasteiger partial charge is 0.214 e. The van der Waals surface area contributed by atoms with Crippen molar-refractivity contribution in [1.82, 2.24) is 4.98 Å². The van der Waals surface area contributed by atoms with Gasteiger partial charge in [-0.05, 0) is 48.9 Å². The Morgan fingerprint density at radius 2 is 2.15 bits per heavy atom. The molecule has 1 aliphatic carbocycles. The molecule has 1 heterocycles. The maximum absolute atomic E-state index is 6.11. The van der Waals surface area contributed by atoms with Gasteiger partial charge in [0.15, 0.2) is 0 Å². The van der Waals surface area contributed by atoms with Gasteiger partial charge in [-0.1, -0.05) is 24.3 Å². The van der Waals surface area contributed by atoms with Crippen LogP contribution >= 0.6 is 0 Å². The minimum atomic E-state index is -0.000933. The van der Waals surface area contributed by atoms with Crippen molar-refractivity contribution in [2.75, 3.05) is 0 Å². The van der Waals surface area contributed by atoms with E-state index < -0.39 is 0 Å². The summed E-state index contributed by atoms with van der Waals surface area (Å²) in [5.41, 5.74) is 9.66. The summed E-state index contributed by atoms with van der Waals surface area (Å²) in [4.78, 5) is 4.31. The lowest BCUT2D eigenvalue weighted by Crippen LogP contribution is -2.16. The first kappa shape index (κ1) is 13.1. The number of pyridine rings is 1. The highest BCUT2D eigenvalue weighted by Crippen LogP contribution is 2.33. The van der Waals surface area contributed by atoms with E-state index in [1.807, 2.05) is 19.1 Å². The monoisotopic (exact) mass is 268 g/mol. The number of hydrogen-bond donors (Lipinski definition) is 1. The van der Waals surface area contributed by atoms with E-state index in [0.29, 0.717) is 5.88 Å². The molecule has 1 aromatic carbocycles. The van der Waals surface area contributed by atoms with Gasteiger partial charge < -0.3 is 10.5 Å². The average molecular weight is 268 g/mol. The Kier molecular flexibility index (Phi) is 3.70. The molecule has 0 radical (unpaired) electrons. The molecule has 2 atom stereocenters. The molecule has 20 heavy (non-hydrogen) atoms. The standard InChI is InChI=1S/C17H20N2O/c1-12(18)14-9-10-19-17(11-14)20-16-8-4-6-13-5-2-3-7-15(13)16/h2-3,5,7,9-12,16H,4,6,8,18H2,1H3/t12-,16?/m0/s1. The Hall–Kier alpha value is -1.87. The van der Waals surface area contributed by atoms with Crippen molar-refractivity contribution >= 4 is 0 Å². The zero-order chi connectivity index (χ0) is 13.9. The van der Waals surface area contributed by atoms with Crippen LogP contribution in [-0.2, 0) is 6.42 Å². The summed E-state index contributed by atoms with van der Waals surface area (Å²) >= 11 is 0. The van der Waals surface area contributed by atoms with Crippen molar-refractivity contribution < 1.29 is 4.74 Å². The molecule has 0 amide bonds. The van der Waals surface area contributed by atoms with Gasteiger partial charge in [0.2, 0.25) is 5.88 Å². The molecule has 0 saturated heterocycles. The number of rotatable bonds is 3. The molecule has 1 aliphatic rings. The van der Waals surface area contributed by atoms with Gasteiger partial charge in [-0.15, -0.1) is 0 Å². The number of nitrogens with zero attached hydrogens (tertiary/aromatic N) is 1. The van der Waals surface area contributed by atoms with E-state index in [0.717, 1.165) is 24.8 Å². The van der Waals surface area contributed by atoms with Gasteiger partial charge in [-0.25, -0.2) is 4.98 Å². The number of nitrogens with two attached hydrogens (primary N) is 1. The van der Waals surface area contributed by atoms with Crippen LogP contribution in [0.1, 0.15) is 48.6 Å². The minimum absolute atomic E-state index is 0.000933. The van der Waals surface area contributed by atoms with Gasteiger partial charge in [0.05, 0.1) is 0 Å². The van der Waals surface area contributed by atoms with Gasteiger partial charge in [0.1, 0.15) is 6.10 Å². The highest BCUT2D eigenvalue weighted by Gasteiger charge is 2.21. The highest BCUT2D eigenvalue weighted by atomic mass is 16.5. The number of ether oxygens (including phenoxy) is 1. The lowest BCUT2D eigenvalue weighted by Gasteiger charge is -2.26. The van der Waals surface area contributed by atoms with Crippen molar-refractivity contribution in [1.29, 1.82) is 0 Å². The van der Waals surface area contributed by atoms with Gasteiger partial charge in [-0.3, -0.25) is 0 Å². The molecule has 104 valence electrons. The lowest BCUT2D eigenvalue weighted by atomic mass is 9.89. The summed E-state index contributed by atoms with van der Waals surface area (Å²) < 4.78 is 6.11. The number of fused-ring (bicyclic) bond motifs is 1. The van der Waals surface area contributed by atoms with Crippen molar-refractivity contribution in [3.05, 3.63) is 59.3 Å². The largest absolute Gasteiger partial charge is 0.469 e. The molecule has 3 nitrogen and oxygen atoms in total. The molecule has 2 N–H and O–H groups in total. The molecular formula is C17H20N2O. The van der Waals surface area contributed by atoms with E-state index in [1.54, 1.807) is 6.20 Å². The highest BCUT2D eigenvalue weighted by molar-refractivity contribution is 5.32. The predicted molar refractivity (Wildman–Crippen MR) is 79.6 cm³/mol. The topological polar surface area (TPSA) is 48.1 Å². The fourth-order valence-electron chi connectivity index (χ4n) is 2.75. The second-order valence-electron chi connectivity index (χ2n) is 5.41. The van der Waals surface area contributed by atoms with E-state index in [4.69, 9.17) is 10.5 Å². The minimum Gasteiger partial charge on any atom is -0.469 e. The van der Waals surface area contributed by atoms with Crippen LogP contribution in [0.5, 0.6) is 5.88 Å². The molecule has 1 unspecified atom stereocenters. The fourth-order valence-corrected chi connectivity index (χ4v) is 2.75. The first-order valence-electron chi connectivity index (χ1n) is 7.20. The summed E-state index contributed by atoms with van der Waals surface area (Å²) in [7, 11) is 0. The molecule has 2 aromatic rings. The Morgan fingerprint density at radius 1 is 1.30 bits per heavy atom. The predicted octanol–water partition coefficient (Wildman–Crippen LogP) is 3.56. The summed E-state index contributed by atoms with van der Waals surface area (Å²) in [6, 6.07) is 12.4. The van der Waals surface area contributed by atoms with Crippen LogP contribution in [0, 0.1) is 0 Å². The maximum Gasteiger partial charge on any atom is 0.214 e. The molecule has 0 bridgehead atoms. The molecule has 1 aromatic heterocycles. The Balaban J connectivity index is 1.84. The number of hydrogen-bond acceptors (Lipinski definition) is 3. The van der Waals surface area contributed by atoms with Crippen molar-refractivity contribution in [2.24, 2.45) is 5.73 Å². The van der Waals surface area contributed by atoms with Crippen molar-refractivity contribution in [3.63, 3.8) is 0 Å². The first-order chi connectivity index (χ1) is 9.74. The zero-order valence-corrected chi connectivity index (χ0v) is 11.8. The lowest BCUT2D eigenvalue weighted by molar-refractivity contribution is 0.175. The third-order valence-electron chi connectivity index (χ3n) is 3.86. The van der Waals surface area contributed by atoms with E-state index in [2.05, 4.69) is 29.2 Å². The van der Waals surface area contributed by atoms with Crippen molar-refractivity contribution in [3.8, 4) is 5.88 Å². The number of aryl methyl sites for hydroxylation is 1. The van der Waals surface area contributed by atoms with Crippen LogP contribution in [0.15, 0.2) is 42.6 Å². The van der Waals surface area contributed by atoms with Crippen LogP contribution in [0.3, 0.4) is 0 Å². The number of benzene rings is 1. The molecule has 3 heteroatoms. The van der Waals surface area contributed by atoms with Crippen LogP contribution in [-0.4, -0.2) is 4.98 Å². The third kappa shape index (κ3) is 2.68. The quantitative estimate of drug-likeness (QED) is 0.926. The summed E-state index contributed by atoms with van der Waals surface area (Å²) in [6.07, 6.45) is 5.22. The zero-order valence-electron chi connectivity index (χ0n) is 11.8. The van der Waals surface area contributed by atoms with E-state index in [1.165, 1.54) is 11.1 Å². The van der Waals surface area contributed by atoms with Crippen molar-refractivity contribution in [2.45, 2.75) is 38.3 Å². The molecule has 0 saturated carbocycles. The molecule has 0 fully saturated rings. The second kappa shape index (κ2) is 5.63. The summed E-state index contributed by atoms with van der Waals surface area (Å²) in [5.74, 6) is 0.668. The molecular weight excluding hydrogens is 248 g/mol. The van der Waals surface area contributed by atoms with Crippen LogP contribution in [0.25, 0.3) is 0 Å². The Labute approximate surface area is 119 Å². The fraction of sp³-hybridized carbons (Fsp3) is 0.353. The molecule has 0 aliphatic heterocycles. The van der Waals surface area contributed by atoms with E-state index >= 15 is 0 Å². The SMILES string of the molecule is C[C@H](N)c1ccnc(OC2CCCc3ccccc32)c1. The van der Waals surface area contributed by atoms with Gasteiger partial charge in [-0.2, -0.15) is 0 Å². The normalized spacial score (nSPS) is 19.2. The first-order valence-corrected chi connectivity index (χ1v) is 7.20. The summed E-state index contributed by atoms with van der Waals surface area (Å²) in [6.45, 7) is 1.97. The Morgan fingerprint density at radius 3 is 3.00 bits per heavy atom.